The summed E-state index contributed by atoms with van der Waals surface area (Å²) in [7, 11) is 1.68. The van der Waals surface area contributed by atoms with E-state index in [1.165, 1.54) is 0 Å². The van der Waals surface area contributed by atoms with Crippen LogP contribution in [0.4, 0.5) is 0 Å². The molecule has 0 aliphatic rings. The molecule has 0 aliphatic carbocycles. The van der Waals surface area contributed by atoms with Crippen LogP contribution in [-0.2, 0) is 0 Å². The van der Waals surface area contributed by atoms with Crippen LogP contribution in [0.25, 0.3) is 11.4 Å². The fourth-order valence-electron chi connectivity index (χ4n) is 2.70. The fraction of sp³-hybridized carbons (Fsp3) is 0.412. The summed E-state index contributed by atoms with van der Waals surface area (Å²) in [5, 5.41) is 0. The number of ether oxygens (including phenoxy) is 1. The second-order valence-electron chi connectivity index (χ2n) is 5.45. The molecular formula is C17H23N3O. The summed E-state index contributed by atoms with van der Waals surface area (Å²) in [4.78, 5) is 9.32. The predicted octanol–water partition coefficient (Wildman–Crippen LogP) is 3.14. The number of hydrogen-bond acceptors (Lipinski definition) is 4. The first-order chi connectivity index (χ1) is 9.97. The average Bonchev–Trinajstić information content (AvgIpc) is 2.46. The van der Waals surface area contributed by atoms with Crippen LogP contribution in [0, 0.1) is 20.8 Å². The van der Waals surface area contributed by atoms with Crippen LogP contribution < -0.4 is 10.5 Å². The first kappa shape index (κ1) is 15.4. The molecular weight excluding hydrogens is 262 g/mol. The van der Waals surface area contributed by atoms with Crippen LogP contribution in [0.1, 0.15) is 35.4 Å². The maximum atomic E-state index is 5.77. The van der Waals surface area contributed by atoms with Crippen LogP contribution >= 0.6 is 0 Å². The number of rotatable bonds is 4. The van der Waals surface area contributed by atoms with Gasteiger partial charge in [0, 0.05) is 17.0 Å². The maximum absolute atomic E-state index is 5.77. The molecule has 0 aliphatic heterocycles. The zero-order chi connectivity index (χ0) is 15.6. The lowest BCUT2D eigenvalue weighted by atomic mass is 9.98. The molecule has 2 rings (SSSR count). The lowest BCUT2D eigenvalue weighted by molar-refractivity contribution is 0.412. The molecule has 0 fully saturated rings. The summed E-state index contributed by atoms with van der Waals surface area (Å²) >= 11 is 0. The Morgan fingerprint density at radius 1 is 1.14 bits per heavy atom. The second-order valence-corrected chi connectivity index (χ2v) is 5.45. The Labute approximate surface area is 126 Å². The van der Waals surface area contributed by atoms with E-state index in [2.05, 4.69) is 23.0 Å². The Kier molecular flexibility index (Phi) is 4.58. The minimum atomic E-state index is 0.275. The van der Waals surface area contributed by atoms with Gasteiger partial charge in [0.15, 0.2) is 5.82 Å². The number of benzene rings is 1. The van der Waals surface area contributed by atoms with E-state index in [1.807, 2.05) is 32.9 Å². The number of aromatic nitrogens is 2. The molecule has 0 radical (unpaired) electrons. The van der Waals surface area contributed by atoms with Crippen LogP contribution in [0.2, 0.25) is 0 Å². The molecule has 4 nitrogen and oxygen atoms in total. The molecule has 0 saturated heterocycles. The molecule has 1 aromatic carbocycles. The van der Waals surface area contributed by atoms with E-state index in [1.54, 1.807) is 7.11 Å². The monoisotopic (exact) mass is 285 g/mol. The van der Waals surface area contributed by atoms with E-state index in [-0.39, 0.29) is 5.92 Å². The molecule has 0 spiro atoms. The predicted molar refractivity (Wildman–Crippen MR) is 85.7 cm³/mol. The molecule has 0 amide bonds. The SMILES string of the molecule is COc1ccc(-c2nc(C)c(C(C)CN)c(C)n2)cc1C. The van der Waals surface area contributed by atoms with Gasteiger partial charge in [0.2, 0.25) is 0 Å². The van der Waals surface area contributed by atoms with Crippen molar-refractivity contribution >= 4 is 0 Å². The summed E-state index contributed by atoms with van der Waals surface area (Å²) in [6, 6.07) is 6.00. The van der Waals surface area contributed by atoms with Gasteiger partial charge in [0.25, 0.3) is 0 Å². The van der Waals surface area contributed by atoms with Crippen molar-refractivity contribution in [3.8, 4) is 17.1 Å². The van der Waals surface area contributed by atoms with Crippen LogP contribution in [0.3, 0.4) is 0 Å². The molecule has 1 atom stereocenters. The van der Waals surface area contributed by atoms with Gasteiger partial charge in [-0.05, 0) is 62.6 Å². The van der Waals surface area contributed by atoms with Crippen molar-refractivity contribution in [2.45, 2.75) is 33.6 Å². The van der Waals surface area contributed by atoms with Crippen molar-refractivity contribution in [3.63, 3.8) is 0 Å². The average molecular weight is 285 g/mol. The largest absolute Gasteiger partial charge is 0.496 e. The molecule has 112 valence electrons. The number of methoxy groups -OCH3 is 1. The third kappa shape index (κ3) is 3.05. The third-order valence-corrected chi connectivity index (χ3v) is 3.83. The summed E-state index contributed by atoms with van der Waals surface area (Å²) in [6.07, 6.45) is 0. The van der Waals surface area contributed by atoms with Crippen molar-refractivity contribution in [1.29, 1.82) is 0 Å². The van der Waals surface area contributed by atoms with Crippen LogP contribution in [0.5, 0.6) is 5.75 Å². The second kappa shape index (κ2) is 6.22. The van der Waals surface area contributed by atoms with Crippen molar-refractivity contribution in [1.82, 2.24) is 9.97 Å². The van der Waals surface area contributed by atoms with Gasteiger partial charge >= 0.3 is 0 Å². The molecule has 2 aromatic rings. The van der Waals surface area contributed by atoms with Gasteiger partial charge in [-0.15, -0.1) is 0 Å². The van der Waals surface area contributed by atoms with Crippen LogP contribution in [0.15, 0.2) is 18.2 Å². The Morgan fingerprint density at radius 2 is 1.76 bits per heavy atom. The Bertz CT molecular complexity index is 629. The van der Waals surface area contributed by atoms with Gasteiger partial charge in [0.1, 0.15) is 5.75 Å². The Morgan fingerprint density at radius 3 is 2.24 bits per heavy atom. The molecule has 1 aromatic heterocycles. The normalized spacial score (nSPS) is 12.3. The molecule has 1 heterocycles. The van der Waals surface area contributed by atoms with Gasteiger partial charge in [0.05, 0.1) is 7.11 Å². The summed E-state index contributed by atoms with van der Waals surface area (Å²) < 4.78 is 5.29. The topological polar surface area (TPSA) is 61.0 Å². The number of nitrogens with two attached hydrogens (primary N) is 1. The van der Waals surface area contributed by atoms with E-state index >= 15 is 0 Å². The molecule has 1 unspecified atom stereocenters. The third-order valence-electron chi connectivity index (χ3n) is 3.83. The highest BCUT2D eigenvalue weighted by Gasteiger charge is 2.15. The van der Waals surface area contributed by atoms with Crippen molar-refractivity contribution in [2.24, 2.45) is 5.73 Å². The number of aryl methyl sites for hydroxylation is 3. The van der Waals surface area contributed by atoms with E-state index < -0.39 is 0 Å². The van der Waals surface area contributed by atoms with Gasteiger partial charge in [-0.25, -0.2) is 9.97 Å². The molecule has 4 heteroatoms. The number of nitrogens with zero attached hydrogens (tertiary/aromatic N) is 2. The fourth-order valence-corrected chi connectivity index (χ4v) is 2.70. The number of hydrogen-bond donors (Lipinski definition) is 1. The molecule has 2 N–H and O–H groups in total. The quantitative estimate of drug-likeness (QED) is 0.937. The zero-order valence-corrected chi connectivity index (χ0v) is 13.4. The van der Waals surface area contributed by atoms with Crippen LogP contribution in [-0.4, -0.2) is 23.6 Å². The molecule has 21 heavy (non-hydrogen) atoms. The lowest BCUT2D eigenvalue weighted by Crippen LogP contribution is -2.14. The Balaban J connectivity index is 2.49. The smallest absolute Gasteiger partial charge is 0.159 e. The van der Waals surface area contributed by atoms with E-state index in [4.69, 9.17) is 10.5 Å². The summed E-state index contributed by atoms with van der Waals surface area (Å²) in [5.74, 6) is 1.90. The standard InChI is InChI=1S/C17H23N3O/c1-10-8-14(6-7-15(10)21-5)17-19-12(3)16(11(2)9-18)13(4)20-17/h6-8,11H,9,18H2,1-5H3. The zero-order valence-electron chi connectivity index (χ0n) is 13.4. The van der Waals surface area contributed by atoms with E-state index in [9.17, 15) is 0 Å². The maximum Gasteiger partial charge on any atom is 0.159 e. The van der Waals surface area contributed by atoms with Crippen molar-refractivity contribution in [3.05, 3.63) is 40.7 Å². The van der Waals surface area contributed by atoms with Gasteiger partial charge < -0.3 is 10.5 Å². The highest BCUT2D eigenvalue weighted by Crippen LogP contribution is 2.27. The summed E-state index contributed by atoms with van der Waals surface area (Å²) in [5.41, 5.74) is 11.0. The van der Waals surface area contributed by atoms with E-state index in [0.717, 1.165) is 39.7 Å². The molecule has 0 bridgehead atoms. The molecule has 0 saturated carbocycles. The highest BCUT2D eigenvalue weighted by molar-refractivity contribution is 5.59. The lowest BCUT2D eigenvalue weighted by Gasteiger charge is -2.16. The van der Waals surface area contributed by atoms with Crippen molar-refractivity contribution in [2.75, 3.05) is 13.7 Å². The van der Waals surface area contributed by atoms with Crippen molar-refractivity contribution < 1.29 is 4.74 Å². The Hall–Kier alpha value is -1.94. The minimum absolute atomic E-state index is 0.275. The van der Waals surface area contributed by atoms with E-state index in [0.29, 0.717) is 6.54 Å². The summed E-state index contributed by atoms with van der Waals surface area (Å²) in [6.45, 7) is 8.78. The van der Waals surface area contributed by atoms with Gasteiger partial charge in [-0.3, -0.25) is 0 Å². The minimum Gasteiger partial charge on any atom is -0.496 e. The highest BCUT2D eigenvalue weighted by atomic mass is 16.5. The first-order valence-corrected chi connectivity index (χ1v) is 7.18. The van der Waals surface area contributed by atoms with Gasteiger partial charge in [-0.2, -0.15) is 0 Å². The van der Waals surface area contributed by atoms with Gasteiger partial charge in [-0.1, -0.05) is 6.92 Å². The first-order valence-electron chi connectivity index (χ1n) is 7.18.